The van der Waals surface area contributed by atoms with Gasteiger partial charge in [0.2, 0.25) is 0 Å². The molecule has 4 heterocycles. The molecule has 0 atom stereocenters. The molecule has 0 bridgehead atoms. The van der Waals surface area contributed by atoms with Crippen LogP contribution in [0.5, 0.6) is 0 Å². The van der Waals surface area contributed by atoms with E-state index >= 15 is 0 Å². The van der Waals surface area contributed by atoms with E-state index < -0.39 is 0 Å². The Balaban J connectivity index is 1.80. The van der Waals surface area contributed by atoms with Gasteiger partial charge < -0.3 is 4.72 Å². The molecule has 0 aliphatic carbocycles. The maximum atomic E-state index is 3.54. The number of fused-ring (bicyclic) bond motifs is 1. The van der Waals surface area contributed by atoms with E-state index in [4.69, 9.17) is 0 Å². The molecule has 1 N–H and O–H groups in total. The lowest BCUT2D eigenvalue weighted by Crippen LogP contribution is -2.14. The number of nitrogens with one attached hydrogen (secondary N) is 1. The number of halogens is 2. The van der Waals surface area contributed by atoms with E-state index in [0.717, 1.165) is 7.57 Å². The van der Waals surface area contributed by atoms with Crippen molar-refractivity contribution >= 4 is 77.9 Å². The number of hydrogen-bond acceptors (Lipinski definition) is 5. The molecular formula is C14H8Br2N2S3. The van der Waals surface area contributed by atoms with Crippen molar-refractivity contribution in [3.8, 4) is 0 Å². The largest absolute Gasteiger partial charge is 0.316 e. The highest BCUT2D eigenvalue weighted by Crippen LogP contribution is 2.45. The van der Waals surface area contributed by atoms with Crippen LogP contribution in [0, 0.1) is 0 Å². The molecule has 21 heavy (non-hydrogen) atoms. The second-order valence-electron chi connectivity index (χ2n) is 4.37. The number of nitrogens with zero attached hydrogens (tertiary/aromatic N) is 1. The van der Waals surface area contributed by atoms with Crippen LogP contribution in [0.4, 0.5) is 0 Å². The van der Waals surface area contributed by atoms with Gasteiger partial charge in [-0.1, -0.05) is 0 Å². The zero-order valence-electron chi connectivity index (χ0n) is 10.5. The molecule has 0 radical (unpaired) electrons. The first kappa shape index (κ1) is 14.1. The van der Waals surface area contributed by atoms with Gasteiger partial charge in [0, 0.05) is 16.7 Å². The van der Waals surface area contributed by atoms with Crippen LogP contribution in [-0.4, -0.2) is 4.31 Å². The maximum absolute atomic E-state index is 3.54. The lowest BCUT2D eigenvalue weighted by atomic mass is 10.1. The summed E-state index contributed by atoms with van der Waals surface area (Å²) in [4.78, 5) is 2.52. The zero-order chi connectivity index (χ0) is 14.4. The van der Waals surface area contributed by atoms with E-state index in [1.54, 1.807) is 34.8 Å². The van der Waals surface area contributed by atoms with Gasteiger partial charge >= 0.3 is 0 Å². The minimum absolute atomic E-state index is 1.15. The second-order valence-corrected chi connectivity index (χ2v) is 10.1. The van der Waals surface area contributed by atoms with Crippen molar-refractivity contribution in [2.45, 2.75) is 0 Å². The van der Waals surface area contributed by atoms with Crippen molar-refractivity contribution in [1.82, 2.24) is 9.03 Å². The van der Waals surface area contributed by atoms with Crippen LogP contribution in [-0.2, 0) is 0 Å². The smallest absolute Gasteiger partial charge is 0.0794 e. The van der Waals surface area contributed by atoms with Crippen LogP contribution in [0.2, 0.25) is 0 Å². The van der Waals surface area contributed by atoms with Gasteiger partial charge in [0.15, 0.2) is 0 Å². The topological polar surface area (TPSA) is 15.3 Å². The number of hydrogen-bond donors (Lipinski definition) is 1. The summed E-state index contributed by atoms with van der Waals surface area (Å²) < 4.78 is 7.82. The molecule has 2 aromatic heterocycles. The molecule has 2 aromatic rings. The molecular weight excluding hydrogens is 452 g/mol. The molecule has 0 spiro atoms. The first-order valence-electron chi connectivity index (χ1n) is 6.09. The van der Waals surface area contributed by atoms with Crippen molar-refractivity contribution in [2.24, 2.45) is 0 Å². The monoisotopic (exact) mass is 458 g/mol. The summed E-state index contributed by atoms with van der Waals surface area (Å²) in [6, 6.07) is 8.49. The summed E-state index contributed by atoms with van der Waals surface area (Å²) >= 11 is 12.2. The number of allylic oxidation sites excluding steroid dienone is 3. The van der Waals surface area contributed by atoms with E-state index in [2.05, 4.69) is 83.5 Å². The van der Waals surface area contributed by atoms with Crippen LogP contribution in [0.3, 0.4) is 0 Å². The van der Waals surface area contributed by atoms with Gasteiger partial charge in [-0.3, -0.25) is 4.31 Å². The number of rotatable bonds is 2. The van der Waals surface area contributed by atoms with Gasteiger partial charge in [-0.25, -0.2) is 0 Å². The molecule has 2 aliphatic rings. The normalized spacial score (nSPS) is 17.0. The highest BCUT2D eigenvalue weighted by Gasteiger charge is 2.28. The van der Waals surface area contributed by atoms with Gasteiger partial charge in [0.1, 0.15) is 0 Å². The summed E-state index contributed by atoms with van der Waals surface area (Å²) in [5.41, 5.74) is 3.67. The van der Waals surface area contributed by atoms with E-state index in [1.165, 1.54) is 26.7 Å². The summed E-state index contributed by atoms with van der Waals surface area (Å²) in [5, 5.41) is 0. The Morgan fingerprint density at radius 2 is 1.57 bits per heavy atom. The first-order valence-corrected chi connectivity index (χ1v) is 10.1. The quantitative estimate of drug-likeness (QED) is 0.547. The average Bonchev–Trinajstić information content (AvgIpc) is 3.18. The number of thiophene rings is 2. The molecule has 0 saturated carbocycles. The lowest BCUT2D eigenvalue weighted by molar-refractivity contribution is 0.850. The zero-order valence-corrected chi connectivity index (χ0v) is 16.1. The van der Waals surface area contributed by atoms with Crippen LogP contribution in [0.25, 0.3) is 11.3 Å². The molecule has 7 heteroatoms. The fraction of sp³-hybridized carbons (Fsp3) is 0. The van der Waals surface area contributed by atoms with Gasteiger partial charge in [-0.15, -0.1) is 22.7 Å². The Hall–Kier alpha value is -0.470. The molecule has 0 aromatic carbocycles. The van der Waals surface area contributed by atoms with E-state index in [-0.39, 0.29) is 0 Å². The van der Waals surface area contributed by atoms with Crippen LogP contribution >= 0.6 is 66.7 Å². The van der Waals surface area contributed by atoms with Crippen LogP contribution < -0.4 is 4.72 Å². The Bertz CT molecular complexity index is 801. The van der Waals surface area contributed by atoms with E-state index in [9.17, 15) is 0 Å². The second kappa shape index (κ2) is 5.62. The maximum Gasteiger partial charge on any atom is 0.0794 e. The van der Waals surface area contributed by atoms with Crippen LogP contribution in [0.15, 0.2) is 55.9 Å². The van der Waals surface area contributed by atoms with E-state index in [0.29, 0.717) is 0 Å². The predicted molar refractivity (Wildman–Crippen MR) is 101 cm³/mol. The van der Waals surface area contributed by atoms with Gasteiger partial charge in [0.05, 0.1) is 36.0 Å². The highest BCUT2D eigenvalue weighted by atomic mass is 79.9. The van der Waals surface area contributed by atoms with Crippen molar-refractivity contribution in [3.63, 3.8) is 0 Å². The summed E-state index contributed by atoms with van der Waals surface area (Å²) in [6.07, 6.45) is 6.47. The van der Waals surface area contributed by atoms with Gasteiger partial charge in [-0.05, 0) is 68.3 Å². The molecule has 2 nitrogen and oxygen atoms in total. The minimum atomic E-state index is 1.15. The molecule has 4 rings (SSSR count). The minimum Gasteiger partial charge on any atom is -0.316 e. The van der Waals surface area contributed by atoms with Crippen molar-refractivity contribution in [2.75, 3.05) is 0 Å². The Kier molecular flexibility index (Phi) is 3.79. The van der Waals surface area contributed by atoms with Crippen LogP contribution in [0.1, 0.15) is 9.75 Å². The molecule has 0 amide bonds. The standard InChI is InChI=1S/C14H8Br2N2S3/c15-13-5-3-11(19-13)8-1-2-9(12-4-6-14(16)20-12)18-10(8)7-17-21-18/h1-7,17H. The average molecular weight is 460 g/mol. The van der Waals surface area contributed by atoms with E-state index in [1.807, 2.05) is 0 Å². The highest BCUT2D eigenvalue weighted by molar-refractivity contribution is 9.11. The predicted octanol–water partition coefficient (Wildman–Crippen LogP) is 6.08. The molecule has 0 fully saturated rings. The lowest BCUT2D eigenvalue weighted by Gasteiger charge is -2.26. The van der Waals surface area contributed by atoms with Gasteiger partial charge in [0.25, 0.3) is 0 Å². The third-order valence-corrected chi connectivity index (χ3v) is 7.23. The SMILES string of the molecule is Brc1ccc(C2=CC=C(c3ccc(Br)s3)N3SNC=C23)s1. The Morgan fingerprint density at radius 3 is 2.24 bits per heavy atom. The van der Waals surface area contributed by atoms with Gasteiger partial charge in [-0.2, -0.15) is 0 Å². The Morgan fingerprint density at radius 1 is 0.857 bits per heavy atom. The third kappa shape index (κ3) is 2.55. The molecule has 2 aliphatic heterocycles. The fourth-order valence-electron chi connectivity index (χ4n) is 2.23. The summed E-state index contributed by atoms with van der Waals surface area (Å²) in [6.45, 7) is 0. The molecule has 0 saturated heterocycles. The molecule has 106 valence electrons. The molecule has 0 unspecified atom stereocenters. The van der Waals surface area contributed by atoms with Crippen molar-refractivity contribution < 1.29 is 0 Å². The van der Waals surface area contributed by atoms with Crippen molar-refractivity contribution in [1.29, 1.82) is 0 Å². The first-order chi connectivity index (χ1) is 10.2. The fourth-order valence-corrected chi connectivity index (χ4v) is 5.88. The third-order valence-electron chi connectivity index (χ3n) is 3.13. The Labute approximate surface area is 151 Å². The summed E-state index contributed by atoms with van der Waals surface area (Å²) in [7, 11) is 0. The van der Waals surface area contributed by atoms with Crippen molar-refractivity contribution in [3.05, 3.63) is 65.6 Å². The summed E-state index contributed by atoms with van der Waals surface area (Å²) in [5.74, 6) is 0.